The maximum Gasteiger partial charge on any atom is 0.305 e. The monoisotopic (exact) mass is 1160 g/mol. The second-order valence-electron chi connectivity index (χ2n) is 25.6. The Balaban J connectivity index is 3.46. The first kappa shape index (κ1) is 80.8. The van der Waals surface area contributed by atoms with Crippen molar-refractivity contribution in [3.63, 3.8) is 0 Å². The lowest BCUT2D eigenvalue weighted by molar-refractivity contribution is -0.143. The molecule has 1 amide bonds. The number of allylic oxidation sites excluding steroid dienone is 7. The minimum absolute atomic E-state index is 0.00416. The number of aliphatic hydroxyl groups is 2. The van der Waals surface area contributed by atoms with Gasteiger partial charge >= 0.3 is 5.97 Å². The summed E-state index contributed by atoms with van der Waals surface area (Å²) < 4.78 is 5.50. The van der Waals surface area contributed by atoms with E-state index in [0.717, 1.165) is 64.2 Å². The molecule has 6 nitrogen and oxygen atoms in total. The molecule has 0 aromatic rings. The molecule has 6 heteroatoms. The number of hydrogen-bond donors (Lipinski definition) is 3. The minimum atomic E-state index is -0.854. The van der Waals surface area contributed by atoms with E-state index in [2.05, 4.69) is 55.6 Å². The van der Waals surface area contributed by atoms with Crippen molar-refractivity contribution in [1.29, 1.82) is 0 Å². The van der Waals surface area contributed by atoms with Crippen molar-refractivity contribution in [2.75, 3.05) is 13.2 Å². The van der Waals surface area contributed by atoms with Crippen LogP contribution in [-0.2, 0) is 14.3 Å². The van der Waals surface area contributed by atoms with Crippen LogP contribution in [0.25, 0.3) is 0 Å². The van der Waals surface area contributed by atoms with Gasteiger partial charge in [0.25, 0.3) is 0 Å². The summed E-state index contributed by atoms with van der Waals surface area (Å²) in [6.07, 6.45) is 94.9. The van der Waals surface area contributed by atoms with E-state index >= 15 is 0 Å². The molecule has 0 aliphatic carbocycles. The Labute approximate surface area is 518 Å². The van der Waals surface area contributed by atoms with Crippen LogP contribution >= 0.6 is 0 Å². The predicted octanol–water partition coefficient (Wildman–Crippen LogP) is 24.4. The van der Waals surface area contributed by atoms with E-state index in [9.17, 15) is 19.8 Å². The second-order valence-corrected chi connectivity index (χ2v) is 25.6. The van der Waals surface area contributed by atoms with Gasteiger partial charge in [-0.25, -0.2) is 0 Å². The van der Waals surface area contributed by atoms with Crippen LogP contribution in [-0.4, -0.2) is 47.4 Å². The van der Waals surface area contributed by atoms with Crippen molar-refractivity contribution < 1.29 is 24.5 Å². The van der Waals surface area contributed by atoms with Crippen LogP contribution in [0.1, 0.15) is 406 Å². The molecular weight excluding hydrogens is 1020 g/mol. The van der Waals surface area contributed by atoms with Gasteiger partial charge in [-0.15, -0.1) is 0 Å². The van der Waals surface area contributed by atoms with E-state index in [0.29, 0.717) is 19.4 Å². The number of nitrogens with one attached hydrogen (secondary N) is 1. The molecule has 0 aliphatic rings. The molecule has 3 N–H and O–H groups in total. The predicted molar refractivity (Wildman–Crippen MR) is 366 cm³/mol. The van der Waals surface area contributed by atoms with E-state index in [-0.39, 0.29) is 18.5 Å². The highest BCUT2D eigenvalue weighted by atomic mass is 16.5. The van der Waals surface area contributed by atoms with Crippen LogP contribution in [0, 0.1) is 0 Å². The average Bonchev–Trinajstić information content (AvgIpc) is 3.49. The summed E-state index contributed by atoms with van der Waals surface area (Å²) in [5, 5.41) is 23.3. The highest BCUT2D eigenvalue weighted by Gasteiger charge is 2.18. The number of carbonyl (C=O) groups excluding carboxylic acids is 2. The SMILES string of the molecule is CCCCCCCCC/C=C\CCCCCCCCCC(=O)OCCCCCCCCCCC/C=C\C/C=C\CCCCCCCCCC(=O)NC(CO)C(O)/C=C/CCCCCCCCCCCCCCCCCCCCCCCCC. The lowest BCUT2D eigenvalue weighted by Gasteiger charge is -2.20. The highest BCUT2D eigenvalue weighted by molar-refractivity contribution is 5.76. The number of hydrogen-bond acceptors (Lipinski definition) is 5. The van der Waals surface area contributed by atoms with E-state index < -0.39 is 12.1 Å². The van der Waals surface area contributed by atoms with E-state index in [1.165, 1.54) is 315 Å². The lowest BCUT2D eigenvalue weighted by atomic mass is 10.0. The summed E-state index contributed by atoms with van der Waals surface area (Å²) in [6, 6.07) is -0.638. The van der Waals surface area contributed by atoms with Crippen LogP contribution in [0.3, 0.4) is 0 Å². The van der Waals surface area contributed by atoms with Gasteiger partial charge < -0.3 is 20.3 Å². The lowest BCUT2D eigenvalue weighted by Crippen LogP contribution is -2.45. The van der Waals surface area contributed by atoms with Crippen LogP contribution in [0.4, 0.5) is 0 Å². The number of aliphatic hydroxyl groups excluding tert-OH is 2. The van der Waals surface area contributed by atoms with Gasteiger partial charge in [0, 0.05) is 12.8 Å². The first-order chi connectivity index (χ1) is 41.0. The van der Waals surface area contributed by atoms with E-state index in [1.54, 1.807) is 6.08 Å². The normalized spacial score (nSPS) is 12.8. The number of amides is 1. The zero-order chi connectivity index (χ0) is 59.9. The second kappa shape index (κ2) is 72.3. The number of carbonyl (C=O) groups is 2. The first-order valence-electron chi connectivity index (χ1n) is 37.4. The third-order valence-corrected chi connectivity index (χ3v) is 17.3. The average molecular weight is 1170 g/mol. The van der Waals surface area contributed by atoms with Crippen LogP contribution < -0.4 is 5.32 Å². The van der Waals surface area contributed by atoms with Crippen molar-refractivity contribution in [2.24, 2.45) is 0 Å². The molecule has 0 heterocycles. The van der Waals surface area contributed by atoms with E-state index in [4.69, 9.17) is 4.74 Å². The number of rotatable bonds is 70. The molecule has 0 rings (SSSR count). The van der Waals surface area contributed by atoms with Crippen molar-refractivity contribution >= 4 is 11.9 Å². The summed E-state index contributed by atoms with van der Waals surface area (Å²) in [5.41, 5.74) is 0. The highest BCUT2D eigenvalue weighted by Crippen LogP contribution is 2.18. The van der Waals surface area contributed by atoms with Gasteiger partial charge in [-0.05, 0) is 89.9 Å². The summed E-state index contributed by atoms with van der Waals surface area (Å²) >= 11 is 0. The maximum absolute atomic E-state index is 12.5. The Bertz CT molecular complexity index is 1390. The Hall–Kier alpha value is -2.18. The third kappa shape index (κ3) is 68.8. The maximum atomic E-state index is 12.5. The quantitative estimate of drug-likeness (QED) is 0.0320. The molecule has 2 atom stereocenters. The van der Waals surface area contributed by atoms with Gasteiger partial charge in [0.15, 0.2) is 0 Å². The van der Waals surface area contributed by atoms with Crippen molar-refractivity contribution in [1.82, 2.24) is 5.32 Å². The van der Waals surface area contributed by atoms with Crippen LogP contribution in [0.5, 0.6) is 0 Å². The molecule has 0 saturated heterocycles. The molecule has 0 radical (unpaired) electrons. The molecule has 488 valence electrons. The number of esters is 1. The molecule has 2 unspecified atom stereocenters. The Morgan fingerprint density at radius 2 is 0.602 bits per heavy atom. The van der Waals surface area contributed by atoms with Gasteiger partial charge in [-0.2, -0.15) is 0 Å². The molecule has 0 saturated carbocycles. The van der Waals surface area contributed by atoms with E-state index in [1.807, 2.05) is 6.08 Å². The molecule has 0 bridgehead atoms. The van der Waals surface area contributed by atoms with Crippen LogP contribution in [0.15, 0.2) is 48.6 Å². The molecule has 0 spiro atoms. The summed E-state index contributed by atoms with van der Waals surface area (Å²) in [5.74, 6) is -0.0706. The fourth-order valence-corrected chi connectivity index (χ4v) is 11.6. The number of ether oxygens (including phenoxy) is 1. The summed E-state index contributed by atoms with van der Waals surface area (Å²) in [6.45, 7) is 4.93. The Morgan fingerprint density at radius 1 is 0.337 bits per heavy atom. The fourth-order valence-electron chi connectivity index (χ4n) is 11.6. The zero-order valence-electron chi connectivity index (χ0n) is 55.9. The van der Waals surface area contributed by atoms with Gasteiger partial charge in [0.2, 0.25) is 5.91 Å². The Morgan fingerprint density at radius 3 is 0.928 bits per heavy atom. The molecular formula is C77H145NO5. The summed E-state index contributed by atoms with van der Waals surface area (Å²) in [7, 11) is 0. The van der Waals surface area contributed by atoms with Crippen LogP contribution in [0.2, 0.25) is 0 Å². The third-order valence-electron chi connectivity index (χ3n) is 17.3. The molecule has 0 aromatic carbocycles. The molecule has 0 aromatic heterocycles. The summed E-state index contributed by atoms with van der Waals surface area (Å²) in [4.78, 5) is 24.6. The Kier molecular flexibility index (Phi) is 70.4. The molecule has 0 aliphatic heterocycles. The topological polar surface area (TPSA) is 95.9 Å². The van der Waals surface area contributed by atoms with Crippen molar-refractivity contribution in [2.45, 2.75) is 418 Å². The van der Waals surface area contributed by atoms with Gasteiger partial charge in [0.05, 0.1) is 25.4 Å². The van der Waals surface area contributed by atoms with Crippen molar-refractivity contribution in [3.8, 4) is 0 Å². The largest absolute Gasteiger partial charge is 0.466 e. The van der Waals surface area contributed by atoms with Gasteiger partial charge in [-0.3, -0.25) is 9.59 Å². The molecule has 83 heavy (non-hydrogen) atoms. The van der Waals surface area contributed by atoms with Gasteiger partial charge in [-0.1, -0.05) is 351 Å². The van der Waals surface area contributed by atoms with Crippen molar-refractivity contribution in [3.05, 3.63) is 48.6 Å². The minimum Gasteiger partial charge on any atom is -0.466 e. The standard InChI is InChI=1S/C77H145NO5/c1-3-5-7-9-11-13-15-17-19-21-23-24-25-26-28-31-34-37-41-45-49-53-57-61-65-69-75(80)74(73-79)78-76(81)70-66-62-58-54-50-46-42-38-35-32-29-27-30-33-36-40-44-48-52-56-60-64-68-72-83-77(82)71-67-63-59-55-51-47-43-39-22-20-18-16-14-12-10-8-6-4-2/h20,22,27,30,32,35,65,69,74-75,79-80H,3-19,21,23-26,28-29,31,33-34,36-64,66-68,70-73H2,1-2H3,(H,78,81)/b22-20-,30-27-,35-32-,69-65+. The molecule has 0 fully saturated rings. The fraction of sp³-hybridized carbons (Fsp3) is 0.870. The number of unbranched alkanes of at least 4 members (excludes halogenated alkanes) is 53. The smallest absolute Gasteiger partial charge is 0.305 e. The first-order valence-corrected chi connectivity index (χ1v) is 37.4. The van der Waals surface area contributed by atoms with Gasteiger partial charge in [0.1, 0.15) is 0 Å². The zero-order valence-corrected chi connectivity index (χ0v) is 55.9.